The zero-order valence-electron chi connectivity index (χ0n) is 31.8. The first-order chi connectivity index (χ1) is 28.7. The van der Waals surface area contributed by atoms with E-state index in [-0.39, 0.29) is 0 Å². The molecule has 58 heavy (non-hydrogen) atoms. The average Bonchev–Trinajstić information content (AvgIpc) is 3.63. The Hall–Kier alpha value is -7.68. The standard InChI is InChI=1S/C56H38N2/c1-3-15-41(16-4-1)51-22-9-11-24-54(51)57(50-32-33-56-53(38-50)52-23-10-12-25-55(52)58(56)48-20-5-2-6-21-48)49-31-30-40-27-29-46(36-47(40)37-49)44-19-13-18-43(35-44)45-28-26-39-14-7-8-17-42(39)34-45/h1-38H. The summed E-state index contributed by atoms with van der Waals surface area (Å²) >= 11 is 0. The smallest absolute Gasteiger partial charge is 0.0542 e. The summed E-state index contributed by atoms with van der Waals surface area (Å²) in [6.07, 6.45) is 0. The molecule has 0 aliphatic heterocycles. The van der Waals surface area contributed by atoms with Gasteiger partial charge in [0.1, 0.15) is 0 Å². The van der Waals surface area contributed by atoms with Crippen molar-refractivity contribution in [2.45, 2.75) is 0 Å². The average molecular weight is 739 g/mol. The highest BCUT2D eigenvalue weighted by Crippen LogP contribution is 2.44. The molecule has 0 spiro atoms. The topological polar surface area (TPSA) is 8.17 Å². The molecule has 0 bridgehead atoms. The summed E-state index contributed by atoms with van der Waals surface area (Å²) in [4.78, 5) is 2.43. The van der Waals surface area contributed by atoms with Crippen molar-refractivity contribution in [3.63, 3.8) is 0 Å². The molecule has 2 nitrogen and oxygen atoms in total. The van der Waals surface area contributed by atoms with Crippen LogP contribution in [0.4, 0.5) is 17.1 Å². The highest BCUT2D eigenvalue weighted by molar-refractivity contribution is 6.11. The van der Waals surface area contributed by atoms with E-state index in [2.05, 4.69) is 240 Å². The SMILES string of the molecule is c1ccc(-c2ccccc2N(c2ccc3ccc(-c4cccc(-c5ccc6ccccc6c5)c4)cc3c2)c2ccc3c(c2)c2ccccc2n3-c2ccccc2)cc1. The molecular formula is C56H38N2. The second-order valence-electron chi connectivity index (χ2n) is 15.0. The Kier molecular flexibility index (Phi) is 8.19. The van der Waals surface area contributed by atoms with E-state index in [1.54, 1.807) is 0 Å². The van der Waals surface area contributed by atoms with Gasteiger partial charge in [-0.1, -0.05) is 158 Å². The van der Waals surface area contributed by atoms with Gasteiger partial charge in [0.2, 0.25) is 0 Å². The van der Waals surface area contributed by atoms with Crippen LogP contribution in [0.2, 0.25) is 0 Å². The van der Waals surface area contributed by atoms with Crippen LogP contribution in [0.25, 0.3) is 82.4 Å². The molecule has 2 heteroatoms. The van der Waals surface area contributed by atoms with Crippen LogP contribution in [0, 0.1) is 0 Å². The second-order valence-corrected chi connectivity index (χ2v) is 15.0. The molecule has 0 saturated carbocycles. The van der Waals surface area contributed by atoms with Crippen molar-refractivity contribution in [1.82, 2.24) is 4.57 Å². The Labute approximate surface area is 338 Å². The first-order valence-electron chi connectivity index (χ1n) is 19.9. The minimum atomic E-state index is 1.10. The van der Waals surface area contributed by atoms with Gasteiger partial charge >= 0.3 is 0 Å². The second kappa shape index (κ2) is 14.1. The van der Waals surface area contributed by atoms with Crippen molar-refractivity contribution >= 4 is 60.4 Å². The predicted octanol–water partition coefficient (Wildman–Crippen LogP) is 15.6. The highest BCUT2D eigenvalue weighted by atomic mass is 15.1. The fourth-order valence-corrected chi connectivity index (χ4v) is 8.71. The van der Waals surface area contributed by atoms with Gasteiger partial charge in [0.15, 0.2) is 0 Å². The van der Waals surface area contributed by atoms with Crippen molar-refractivity contribution in [2.24, 2.45) is 0 Å². The number of fused-ring (bicyclic) bond motifs is 5. The van der Waals surface area contributed by atoms with Crippen molar-refractivity contribution < 1.29 is 0 Å². The van der Waals surface area contributed by atoms with Gasteiger partial charge in [-0.05, 0) is 122 Å². The normalized spacial score (nSPS) is 11.4. The highest BCUT2D eigenvalue weighted by Gasteiger charge is 2.20. The molecule has 1 heterocycles. The molecule has 0 fully saturated rings. The van der Waals surface area contributed by atoms with Gasteiger partial charge in [-0.2, -0.15) is 0 Å². The number of benzene rings is 10. The van der Waals surface area contributed by atoms with Gasteiger partial charge in [0.25, 0.3) is 0 Å². The van der Waals surface area contributed by atoms with Gasteiger partial charge in [-0.3, -0.25) is 0 Å². The summed E-state index contributed by atoms with van der Waals surface area (Å²) in [5.74, 6) is 0. The first-order valence-corrected chi connectivity index (χ1v) is 19.9. The van der Waals surface area contributed by atoms with Gasteiger partial charge in [0, 0.05) is 33.4 Å². The van der Waals surface area contributed by atoms with E-state index in [1.807, 2.05) is 0 Å². The first kappa shape index (κ1) is 33.6. The summed E-state index contributed by atoms with van der Waals surface area (Å²) in [5, 5.41) is 7.35. The number of para-hydroxylation sites is 3. The molecule has 11 rings (SSSR count). The van der Waals surface area contributed by atoms with Crippen LogP contribution >= 0.6 is 0 Å². The van der Waals surface area contributed by atoms with E-state index in [0.717, 1.165) is 22.7 Å². The predicted molar refractivity (Wildman–Crippen MR) is 247 cm³/mol. The zero-order valence-corrected chi connectivity index (χ0v) is 31.8. The lowest BCUT2D eigenvalue weighted by molar-refractivity contribution is 1.18. The zero-order chi connectivity index (χ0) is 38.4. The van der Waals surface area contributed by atoms with E-state index in [1.165, 1.54) is 76.7 Å². The molecule has 0 atom stereocenters. The third kappa shape index (κ3) is 5.91. The summed E-state index contributed by atoms with van der Waals surface area (Å²) in [5.41, 5.74) is 14.0. The number of hydrogen-bond donors (Lipinski definition) is 0. The molecule has 0 aliphatic rings. The van der Waals surface area contributed by atoms with Crippen molar-refractivity contribution in [2.75, 3.05) is 4.90 Å². The third-order valence-electron chi connectivity index (χ3n) is 11.5. The van der Waals surface area contributed by atoms with Crippen molar-refractivity contribution in [3.05, 3.63) is 231 Å². The molecule has 0 unspecified atom stereocenters. The van der Waals surface area contributed by atoms with Gasteiger partial charge in [-0.25, -0.2) is 0 Å². The molecule has 10 aromatic carbocycles. The summed E-state index contributed by atoms with van der Waals surface area (Å²) in [7, 11) is 0. The number of rotatable bonds is 7. The monoisotopic (exact) mass is 738 g/mol. The Balaban J connectivity index is 1.07. The van der Waals surface area contributed by atoms with E-state index >= 15 is 0 Å². The summed E-state index contributed by atoms with van der Waals surface area (Å²) in [6, 6.07) is 83.8. The summed E-state index contributed by atoms with van der Waals surface area (Å²) in [6.45, 7) is 0. The van der Waals surface area contributed by atoms with Crippen LogP contribution in [-0.2, 0) is 0 Å². The Bertz CT molecular complexity index is 3290. The fraction of sp³-hybridized carbons (Fsp3) is 0. The van der Waals surface area contributed by atoms with Crippen LogP contribution in [0.3, 0.4) is 0 Å². The maximum Gasteiger partial charge on any atom is 0.0542 e. The number of hydrogen-bond acceptors (Lipinski definition) is 1. The Morgan fingerprint density at radius 3 is 1.66 bits per heavy atom. The van der Waals surface area contributed by atoms with E-state index < -0.39 is 0 Å². The van der Waals surface area contributed by atoms with Crippen LogP contribution in [0.5, 0.6) is 0 Å². The minimum absolute atomic E-state index is 1.10. The van der Waals surface area contributed by atoms with E-state index in [9.17, 15) is 0 Å². The van der Waals surface area contributed by atoms with Crippen LogP contribution in [-0.4, -0.2) is 4.57 Å². The minimum Gasteiger partial charge on any atom is -0.310 e. The number of anilines is 3. The number of nitrogens with zero attached hydrogens (tertiary/aromatic N) is 2. The van der Waals surface area contributed by atoms with Crippen molar-refractivity contribution in [1.29, 1.82) is 0 Å². The molecule has 0 radical (unpaired) electrons. The lowest BCUT2D eigenvalue weighted by Gasteiger charge is -2.28. The van der Waals surface area contributed by atoms with Crippen LogP contribution < -0.4 is 4.90 Å². The van der Waals surface area contributed by atoms with Gasteiger partial charge in [0.05, 0.1) is 16.7 Å². The molecule has 0 aliphatic carbocycles. The molecule has 0 N–H and O–H groups in total. The fourth-order valence-electron chi connectivity index (χ4n) is 8.71. The quantitative estimate of drug-likeness (QED) is 0.158. The molecule has 1 aromatic heterocycles. The van der Waals surface area contributed by atoms with Crippen LogP contribution in [0.15, 0.2) is 231 Å². The maximum atomic E-state index is 2.43. The Morgan fingerprint density at radius 1 is 0.293 bits per heavy atom. The Morgan fingerprint density at radius 2 is 0.845 bits per heavy atom. The van der Waals surface area contributed by atoms with Crippen LogP contribution in [0.1, 0.15) is 0 Å². The molecule has 11 aromatic rings. The van der Waals surface area contributed by atoms with E-state index in [4.69, 9.17) is 0 Å². The lowest BCUT2D eigenvalue weighted by atomic mass is 9.96. The third-order valence-corrected chi connectivity index (χ3v) is 11.5. The van der Waals surface area contributed by atoms with E-state index in [0.29, 0.717) is 0 Å². The largest absolute Gasteiger partial charge is 0.310 e. The maximum absolute atomic E-state index is 2.43. The van der Waals surface area contributed by atoms with Gasteiger partial charge in [-0.15, -0.1) is 0 Å². The molecular weight excluding hydrogens is 701 g/mol. The lowest BCUT2D eigenvalue weighted by Crippen LogP contribution is -2.11. The number of aromatic nitrogens is 1. The van der Waals surface area contributed by atoms with Crippen molar-refractivity contribution in [3.8, 4) is 39.1 Å². The molecule has 0 saturated heterocycles. The summed E-state index contributed by atoms with van der Waals surface area (Å²) < 4.78 is 2.38. The molecule has 0 amide bonds. The molecule has 272 valence electrons. The van der Waals surface area contributed by atoms with Gasteiger partial charge < -0.3 is 9.47 Å².